The number of nitrogens with zero attached hydrogens (tertiary/aromatic N) is 2. The number of hydrogen-bond donors (Lipinski definition) is 0. The van der Waals surface area contributed by atoms with Gasteiger partial charge in [0, 0.05) is 12.1 Å². The average Bonchev–Trinajstić information content (AvgIpc) is 3.19. The zero-order chi connectivity index (χ0) is 20.1. The average molecular weight is 398 g/mol. The fraction of sp³-hybridized carbons (Fsp3) is 0.250. The first-order valence-corrected chi connectivity index (χ1v) is 10.2. The Balaban J connectivity index is 1.91. The number of rotatable bonds is 5. The molecule has 8 heteroatoms. The molecule has 1 heterocycles. The molecule has 2 unspecified atom stereocenters. The number of nitriles is 1. The van der Waals surface area contributed by atoms with E-state index in [2.05, 4.69) is 0 Å². The minimum Gasteiger partial charge on any atom is -0.449 e. The first-order valence-electron chi connectivity index (χ1n) is 8.63. The van der Waals surface area contributed by atoms with Crippen LogP contribution in [0.15, 0.2) is 65.6 Å². The Hall–Kier alpha value is -3.18. The molecule has 1 amide bonds. The van der Waals surface area contributed by atoms with Gasteiger partial charge in [-0.1, -0.05) is 36.4 Å². The topological polar surface area (TPSA) is 105 Å². The minimum atomic E-state index is -3.74. The maximum atomic E-state index is 13.0. The van der Waals surface area contributed by atoms with E-state index in [1.165, 1.54) is 17.0 Å². The summed E-state index contributed by atoms with van der Waals surface area (Å²) in [6.07, 6.45) is -0.0833. The van der Waals surface area contributed by atoms with Gasteiger partial charge in [-0.3, -0.25) is 4.79 Å². The van der Waals surface area contributed by atoms with Crippen LogP contribution in [0.2, 0.25) is 0 Å². The van der Waals surface area contributed by atoms with E-state index < -0.39 is 39.6 Å². The van der Waals surface area contributed by atoms with Gasteiger partial charge in [0.15, 0.2) is 16.4 Å². The van der Waals surface area contributed by atoms with E-state index in [0.717, 1.165) is 0 Å². The third kappa shape index (κ3) is 3.89. The number of carbonyl (C=O) groups is 2. The second-order valence-electron chi connectivity index (χ2n) is 6.32. The Labute approximate surface area is 163 Å². The monoisotopic (exact) mass is 398 g/mol. The zero-order valence-electron chi connectivity index (χ0n) is 14.9. The molecule has 0 aliphatic carbocycles. The van der Waals surface area contributed by atoms with Crippen molar-refractivity contribution in [2.45, 2.75) is 22.6 Å². The quantitative estimate of drug-likeness (QED) is 0.712. The van der Waals surface area contributed by atoms with Gasteiger partial charge in [0.2, 0.25) is 0 Å². The smallest absolute Gasteiger partial charge is 0.329 e. The Morgan fingerprint density at radius 2 is 1.68 bits per heavy atom. The molecular formula is C20H18N2O5S. The van der Waals surface area contributed by atoms with E-state index in [1.54, 1.807) is 54.6 Å². The highest BCUT2D eigenvalue weighted by molar-refractivity contribution is 7.92. The van der Waals surface area contributed by atoms with Gasteiger partial charge in [0.05, 0.1) is 10.1 Å². The normalized spacial score (nSPS) is 19.0. The predicted octanol–water partition coefficient (Wildman–Crippen LogP) is 1.81. The van der Waals surface area contributed by atoms with Gasteiger partial charge >= 0.3 is 5.97 Å². The van der Waals surface area contributed by atoms with Crippen LogP contribution < -0.4 is 0 Å². The molecule has 1 aliphatic rings. The Morgan fingerprint density at radius 3 is 2.29 bits per heavy atom. The first-order chi connectivity index (χ1) is 13.4. The van der Waals surface area contributed by atoms with Gasteiger partial charge in [-0.25, -0.2) is 13.2 Å². The predicted molar refractivity (Wildman–Crippen MR) is 99.9 cm³/mol. The van der Waals surface area contributed by atoms with Crippen molar-refractivity contribution in [3.8, 4) is 6.07 Å². The summed E-state index contributed by atoms with van der Waals surface area (Å²) in [4.78, 5) is 26.7. The van der Waals surface area contributed by atoms with Crippen molar-refractivity contribution in [1.29, 1.82) is 5.26 Å². The lowest BCUT2D eigenvalue weighted by atomic mass is 10.1. The summed E-state index contributed by atoms with van der Waals surface area (Å²) in [5, 5.41) is 7.69. The largest absolute Gasteiger partial charge is 0.449 e. The molecule has 0 saturated carbocycles. The molecule has 1 aliphatic heterocycles. The second-order valence-corrected chi connectivity index (χ2v) is 8.55. The van der Waals surface area contributed by atoms with Crippen molar-refractivity contribution in [3.05, 3.63) is 66.2 Å². The van der Waals surface area contributed by atoms with Crippen molar-refractivity contribution in [2.75, 3.05) is 13.2 Å². The van der Waals surface area contributed by atoms with Crippen LogP contribution in [0, 0.1) is 11.3 Å². The van der Waals surface area contributed by atoms with Gasteiger partial charge in [0.25, 0.3) is 5.91 Å². The Bertz CT molecular complexity index is 1000. The molecule has 1 saturated heterocycles. The van der Waals surface area contributed by atoms with Crippen molar-refractivity contribution in [1.82, 2.24) is 4.90 Å². The number of esters is 1. The Morgan fingerprint density at radius 1 is 1.07 bits per heavy atom. The van der Waals surface area contributed by atoms with E-state index in [4.69, 9.17) is 10.00 Å². The third-order valence-corrected chi connectivity index (χ3v) is 6.75. The lowest BCUT2D eigenvalue weighted by Gasteiger charge is -2.22. The van der Waals surface area contributed by atoms with Gasteiger partial charge in [0.1, 0.15) is 12.1 Å². The number of hydrogen-bond acceptors (Lipinski definition) is 6. The minimum absolute atomic E-state index is 0.0833. The second kappa shape index (κ2) is 8.23. The van der Waals surface area contributed by atoms with Crippen LogP contribution >= 0.6 is 0 Å². The van der Waals surface area contributed by atoms with Crippen molar-refractivity contribution >= 4 is 21.7 Å². The molecule has 0 spiro atoms. The van der Waals surface area contributed by atoms with Gasteiger partial charge < -0.3 is 9.64 Å². The molecule has 0 N–H and O–H groups in total. The highest BCUT2D eigenvalue weighted by Crippen LogP contribution is 2.30. The van der Waals surface area contributed by atoms with E-state index in [9.17, 15) is 18.0 Å². The molecule has 2 atom stereocenters. The number of carbonyl (C=O) groups excluding carboxylic acids is 2. The standard InChI is InChI=1S/C20H18N2O5S/c21-11-12-27-20(24)18-13-17(28(25,26)16-9-5-2-6-10-16)14-22(18)19(23)15-7-3-1-4-8-15/h1-10,17-18H,12-14H2. The number of sulfone groups is 1. The van der Waals surface area contributed by atoms with Crippen LogP contribution in [-0.2, 0) is 19.4 Å². The van der Waals surface area contributed by atoms with Gasteiger partial charge in [-0.05, 0) is 30.7 Å². The first kappa shape index (κ1) is 19.6. The molecule has 3 rings (SSSR count). The van der Waals surface area contributed by atoms with Crippen LogP contribution in [0.5, 0.6) is 0 Å². The number of amides is 1. The number of likely N-dealkylation sites (tertiary alicyclic amines) is 1. The molecule has 2 aromatic rings. The number of ether oxygens (including phenoxy) is 1. The van der Waals surface area contributed by atoms with E-state index in [0.29, 0.717) is 5.56 Å². The van der Waals surface area contributed by atoms with Crippen molar-refractivity contribution in [2.24, 2.45) is 0 Å². The maximum Gasteiger partial charge on any atom is 0.329 e. The lowest BCUT2D eigenvalue weighted by Crippen LogP contribution is -2.41. The molecule has 7 nitrogen and oxygen atoms in total. The van der Waals surface area contributed by atoms with Crippen molar-refractivity contribution < 1.29 is 22.7 Å². The molecule has 1 fully saturated rings. The zero-order valence-corrected chi connectivity index (χ0v) is 15.7. The summed E-state index contributed by atoms with van der Waals surface area (Å²) in [5.74, 6) is -1.23. The summed E-state index contributed by atoms with van der Waals surface area (Å²) in [5.41, 5.74) is 0.346. The van der Waals surface area contributed by atoms with E-state index >= 15 is 0 Å². The van der Waals surface area contributed by atoms with Crippen LogP contribution in [0.1, 0.15) is 16.8 Å². The highest BCUT2D eigenvalue weighted by Gasteiger charge is 2.46. The molecular weight excluding hydrogens is 380 g/mol. The summed E-state index contributed by atoms with van der Waals surface area (Å²) in [6, 6.07) is 16.9. The summed E-state index contributed by atoms with van der Waals surface area (Å²) in [7, 11) is -3.74. The number of benzene rings is 2. The SMILES string of the molecule is N#CCOC(=O)C1CC(S(=O)(=O)c2ccccc2)CN1C(=O)c1ccccc1. The van der Waals surface area contributed by atoms with Crippen LogP contribution in [0.4, 0.5) is 0 Å². The van der Waals surface area contributed by atoms with Gasteiger partial charge in [-0.15, -0.1) is 0 Å². The van der Waals surface area contributed by atoms with E-state index in [-0.39, 0.29) is 17.9 Å². The molecule has 0 bridgehead atoms. The lowest BCUT2D eigenvalue weighted by molar-refractivity contribution is -0.146. The fourth-order valence-electron chi connectivity index (χ4n) is 3.22. The van der Waals surface area contributed by atoms with Gasteiger partial charge in [-0.2, -0.15) is 5.26 Å². The summed E-state index contributed by atoms with van der Waals surface area (Å²) >= 11 is 0. The van der Waals surface area contributed by atoms with Crippen LogP contribution in [0.25, 0.3) is 0 Å². The Kier molecular flexibility index (Phi) is 5.76. The summed E-state index contributed by atoms with van der Waals surface area (Å²) in [6.45, 7) is -0.587. The van der Waals surface area contributed by atoms with Crippen LogP contribution in [-0.4, -0.2) is 49.6 Å². The highest BCUT2D eigenvalue weighted by atomic mass is 32.2. The maximum absolute atomic E-state index is 13.0. The molecule has 0 aromatic heterocycles. The van der Waals surface area contributed by atoms with E-state index in [1.807, 2.05) is 0 Å². The fourth-order valence-corrected chi connectivity index (χ4v) is 4.93. The molecule has 2 aromatic carbocycles. The van der Waals surface area contributed by atoms with Crippen molar-refractivity contribution in [3.63, 3.8) is 0 Å². The molecule has 28 heavy (non-hydrogen) atoms. The van der Waals surface area contributed by atoms with Crippen LogP contribution in [0.3, 0.4) is 0 Å². The summed E-state index contributed by atoms with van der Waals surface area (Å²) < 4.78 is 30.8. The molecule has 144 valence electrons. The third-order valence-electron chi connectivity index (χ3n) is 4.61. The molecule has 0 radical (unpaired) electrons.